The van der Waals surface area contributed by atoms with E-state index < -0.39 is 0 Å². The van der Waals surface area contributed by atoms with E-state index in [1.807, 2.05) is 54.3 Å². The Kier molecular flexibility index (Phi) is 5.48. The zero-order valence-corrected chi connectivity index (χ0v) is 14.0. The van der Waals surface area contributed by atoms with Crippen LogP contribution in [0.3, 0.4) is 0 Å². The highest BCUT2D eigenvalue weighted by atomic mass is 16.6. The Bertz CT molecular complexity index is 656. The number of aromatic nitrogens is 2. The molecule has 1 aliphatic rings. The third-order valence-electron chi connectivity index (χ3n) is 4.19. The molecule has 1 atom stereocenters. The van der Waals surface area contributed by atoms with Gasteiger partial charge in [0.2, 0.25) is 0 Å². The number of hydrogen-bond donors (Lipinski definition) is 1. The molecule has 0 saturated carbocycles. The standard InChI is InChI=1S/C18H24N4O2/c1-15-11-20-22(12-15)9-7-17-13-21(10-8-19-17)18(23)24-14-16-5-3-2-4-6-16/h2-6,11-12,17,19H,7-10,13-14H2,1H3/t17-/m1/s1. The van der Waals surface area contributed by atoms with Gasteiger partial charge in [0.25, 0.3) is 0 Å². The predicted molar refractivity (Wildman–Crippen MR) is 91.6 cm³/mol. The summed E-state index contributed by atoms with van der Waals surface area (Å²) >= 11 is 0. The summed E-state index contributed by atoms with van der Waals surface area (Å²) in [4.78, 5) is 14.0. The first kappa shape index (κ1) is 16.5. The maximum absolute atomic E-state index is 12.3. The number of aryl methyl sites for hydroxylation is 2. The summed E-state index contributed by atoms with van der Waals surface area (Å²) in [6.07, 6.45) is 4.60. The summed E-state index contributed by atoms with van der Waals surface area (Å²) in [7, 11) is 0. The third-order valence-corrected chi connectivity index (χ3v) is 4.19. The predicted octanol–water partition coefficient (Wildman–Crippen LogP) is 2.19. The maximum Gasteiger partial charge on any atom is 0.410 e. The molecule has 0 spiro atoms. The van der Waals surface area contributed by atoms with Crippen LogP contribution in [0.5, 0.6) is 0 Å². The number of hydrogen-bond acceptors (Lipinski definition) is 4. The van der Waals surface area contributed by atoms with Crippen LogP contribution in [0.2, 0.25) is 0 Å². The molecule has 1 aromatic carbocycles. The summed E-state index contributed by atoms with van der Waals surface area (Å²) in [5, 5.41) is 7.77. The highest BCUT2D eigenvalue weighted by Crippen LogP contribution is 2.09. The van der Waals surface area contributed by atoms with E-state index >= 15 is 0 Å². The minimum absolute atomic E-state index is 0.236. The van der Waals surface area contributed by atoms with E-state index in [2.05, 4.69) is 10.4 Å². The number of carbonyl (C=O) groups is 1. The van der Waals surface area contributed by atoms with Crippen molar-refractivity contribution in [1.82, 2.24) is 20.0 Å². The molecule has 1 saturated heterocycles. The first-order valence-electron chi connectivity index (χ1n) is 8.39. The van der Waals surface area contributed by atoms with Gasteiger partial charge in [0.1, 0.15) is 6.61 Å². The minimum Gasteiger partial charge on any atom is -0.445 e. The molecule has 1 fully saturated rings. The second-order valence-electron chi connectivity index (χ2n) is 6.21. The summed E-state index contributed by atoms with van der Waals surface area (Å²) in [6.45, 7) is 5.36. The summed E-state index contributed by atoms with van der Waals surface area (Å²) < 4.78 is 7.37. The number of carbonyl (C=O) groups excluding carboxylic acids is 1. The van der Waals surface area contributed by atoms with Gasteiger partial charge in [-0.05, 0) is 24.5 Å². The van der Waals surface area contributed by atoms with Gasteiger partial charge in [-0.25, -0.2) is 4.79 Å². The highest BCUT2D eigenvalue weighted by molar-refractivity contribution is 5.67. The van der Waals surface area contributed by atoms with Crippen LogP contribution in [0, 0.1) is 6.92 Å². The Hall–Kier alpha value is -2.34. The Balaban J connectivity index is 1.45. The Morgan fingerprint density at radius 1 is 1.38 bits per heavy atom. The van der Waals surface area contributed by atoms with E-state index in [9.17, 15) is 4.79 Å². The van der Waals surface area contributed by atoms with E-state index in [4.69, 9.17) is 4.74 Å². The molecule has 0 aliphatic carbocycles. The van der Waals surface area contributed by atoms with Gasteiger partial charge in [-0.3, -0.25) is 4.68 Å². The molecule has 2 heterocycles. The molecule has 0 radical (unpaired) electrons. The van der Waals surface area contributed by atoms with E-state index in [1.54, 1.807) is 4.90 Å². The average Bonchev–Trinajstić information content (AvgIpc) is 3.04. The molecule has 2 aromatic rings. The highest BCUT2D eigenvalue weighted by Gasteiger charge is 2.24. The van der Waals surface area contributed by atoms with Crippen molar-refractivity contribution < 1.29 is 9.53 Å². The van der Waals surface area contributed by atoms with Gasteiger partial charge >= 0.3 is 6.09 Å². The van der Waals surface area contributed by atoms with Crippen molar-refractivity contribution in [1.29, 1.82) is 0 Å². The van der Waals surface area contributed by atoms with Crippen LogP contribution in [-0.2, 0) is 17.9 Å². The molecule has 0 unspecified atom stereocenters. The van der Waals surface area contributed by atoms with Gasteiger partial charge in [-0.15, -0.1) is 0 Å². The van der Waals surface area contributed by atoms with E-state index in [1.165, 1.54) is 0 Å². The van der Waals surface area contributed by atoms with Crippen LogP contribution in [-0.4, -0.2) is 46.4 Å². The topological polar surface area (TPSA) is 59.4 Å². The van der Waals surface area contributed by atoms with E-state index in [0.29, 0.717) is 19.7 Å². The lowest BCUT2D eigenvalue weighted by molar-refractivity contribution is 0.0838. The van der Waals surface area contributed by atoms with Crippen LogP contribution in [0.4, 0.5) is 4.79 Å². The van der Waals surface area contributed by atoms with Crippen molar-refractivity contribution in [2.24, 2.45) is 0 Å². The van der Waals surface area contributed by atoms with E-state index in [0.717, 1.165) is 30.6 Å². The molecule has 128 valence electrons. The van der Waals surface area contributed by atoms with Crippen molar-refractivity contribution in [3.05, 3.63) is 53.9 Å². The second-order valence-corrected chi connectivity index (χ2v) is 6.21. The normalized spacial score (nSPS) is 17.7. The Labute approximate surface area is 142 Å². The number of nitrogens with one attached hydrogen (secondary N) is 1. The zero-order chi connectivity index (χ0) is 16.8. The van der Waals surface area contributed by atoms with Gasteiger partial charge in [0.05, 0.1) is 6.20 Å². The third kappa shape index (κ3) is 4.58. The molecular formula is C18H24N4O2. The van der Waals surface area contributed by atoms with Crippen molar-refractivity contribution in [3.8, 4) is 0 Å². The average molecular weight is 328 g/mol. The molecule has 6 heteroatoms. The van der Waals surface area contributed by atoms with Gasteiger partial charge in [-0.2, -0.15) is 5.10 Å². The molecule has 6 nitrogen and oxygen atoms in total. The number of benzene rings is 1. The Morgan fingerprint density at radius 2 is 2.21 bits per heavy atom. The lowest BCUT2D eigenvalue weighted by Gasteiger charge is -2.33. The van der Waals surface area contributed by atoms with Crippen molar-refractivity contribution in [2.45, 2.75) is 32.5 Å². The van der Waals surface area contributed by atoms with Crippen LogP contribution < -0.4 is 5.32 Å². The van der Waals surface area contributed by atoms with Crippen LogP contribution in [0.25, 0.3) is 0 Å². The van der Waals surface area contributed by atoms with Crippen LogP contribution >= 0.6 is 0 Å². The second kappa shape index (κ2) is 7.97. The fourth-order valence-electron chi connectivity index (χ4n) is 2.87. The molecule has 1 N–H and O–H groups in total. The molecule has 24 heavy (non-hydrogen) atoms. The van der Waals surface area contributed by atoms with Crippen LogP contribution in [0.1, 0.15) is 17.5 Å². The van der Waals surface area contributed by atoms with Crippen LogP contribution in [0.15, 0.2) is 42.7 Å². The first-order valence-corrected chi connectivity index (χ1v) is 8.39. The molecule has 1 amide bonds. The molecule has 3 rings (SSSR count). The van der Waals surface area contributed by atoms with Crippen molar-refractivity contribution in [2.75, 3.05) is 19.6 Å². The zero-order valence-electron chi connectivity index (χ0n) is 14.0. The fraction of sp³-hybridized carbons (Fsp3) is 0.444. The maximum atomic E-state index is 12.3. The molecular weight excluding hydrogens is 304 g/mol. The SMILES string of the molecule is Cc1cnn(CC[C@@H]2CN(C(=O)OCc3ccccc3)CCN2)c1. The minimum atomic E-state index is -0.236. The number of rotatable bonds is 5. The lowest BCUT2D eigenvalue weighted by Crippen LogP contribution is -2.52. The largest absolute Gasteiger partial charge is 0.445 e. The van der Waals surface area contributed by atoms with Gasteiger partial charge < -0.3 is 15.0 Å². The van der Waals surface area contributed by atoms with Gasteiger partial charge in [0, 0.05) is 38.4 Å². The molecule has 1 aromatic heterocycles. The molecule has 1 aliphatic heterocycles. The quantitative estimate of drug-likeness (QED) is 0.914. The number of nitrogens with zero attached hydrogens (tertiary/aromatic N) is 3. The summed E-state index contributed by atoms with van der Waals surface area (Å²) in [5.74, 6) is 0. The molecule has 0 bridgehead atoms. The first-order chi connectivity index (χ1) is 11.7. The number of ether oxygens (including phenoxy) is 1. The van der Waals surface area contributed by atoms with Gasteiger partial charge in [0.15, 0.2) is 0 Å². The monoisotopic (exact) mass is 328 g/mol. The van der Waals surface area contributed by atoms with Crippen molar-refractivity contribution in [3.63, 3.8) is 0 Å². The summed E-state index contributed by atoms with van der Waals surface area (Å²) in [5.41, 5.74) is 2.17. The number of piperazine rings is 1. The van der Waals surface area contributed by atoms with E-state index in [-0.39, 0.29) is 12.1 Å². The van der Waals surface area contributed by atoms with Gasteiger partial charge in [-0.1, -0.05) is 30.3 Å². The fourth-order valence-corrected chi connectivity index (χ4v) is 2.87. The number of amides is 1. The summed E-state index contributed by atoms with van der Waals surface area (Å²) in [6, 6.07) is 10.0. The van der Waals surface area contributed by atoms with Crippen molar-refractivity contribution >= 4 is 6.09 Å². The Morgan fingerprint density at radius 3 is 2.96 bits per heavy atom. The smallest absolute Gasteiger partial charge is 0.410 e. The lowest BCUT2D eigenvalue weighted by atomic mass is 10.1.